The van der Waals surface area contributed by atoms with Crippen molar-refractivity contribution in [3.8, 4) is 0 Å². The van der Waals surface area contributed by atoms with E-state index in [-0.39, 0.29) is 23.6 Å². The molecule has 5 heteroatoms. The van der Waals surface area contributed by atoms with Crippen molar-refractivity contribution >= 4 is 17.6 Å². The van der Waals surface area contributed by atoms with Gasteiger partial charge in [0.15, 0.2) is 0 Å². The summed E-state index contributed by atoms with van der Waals surface area (Å²) in [6.45, 7) is 2.18. The van der Waals surface area contributed by atoms with E-state index in [0.29, 0.717) is 12.8 Å². The Morgan fingerprint density at radius 1 is 1.17 bits per heavy atom. The first-order valence-corrected chi connectivity index (χ1v) is 11.8. The van der Waals surface area contributed by atoms with Crippen LogP contribution in [0.1, 0.15) is 94.3 Å². The minimum absolute atomic E-state index is 0.0214. The first kappa shape index (κ1) is 24.9. The Morgan fingerprint density at radius 3 is 2.57 bits per heavy atom. The molecule has 0 bridgehead atoms. The minimum atomic E-state index is -0.766. The summed E-state index contributed by atoms with van der Waals surface area (Å²) in [6.07, 6.45) is 11.5. The van der Waals surface area contributed by atoms with Gasteiger partial charge in [0.1, 0.15) is 0 Å². The molecule has 1 aromatic rings. The number of halogens is 1. The molecule has 2 rings (SSSR count). The molecule has 5 atom stereocenters. The molecular formula is C25H37ClO4. The van der Waals surface area contributed by atoms with Gasteiger partial charge in [0, 0.05) is 17.7 Å². The Morgan fingerprint density at radius 2 is 1.90 bits per heavy atom. The van der Waals surface area contributed by atoms with Crippen molar-refractivity contribution in [2.45, 2.75) is 94.6 Å². The molecule has 0 saturated heterocycles. The first-order valence-electron chi connectivity index (χ1n) is 11.4. The molecule has 1 aliphatic rings. The summed E-state index contributed by atoms with van der Waals surface area (Å²) >= 11 is 6.55. The zero-order chi connectivity index (χ0) is 21.9. The van der Waals surface area contributed by atoms with Crippen LogP contribution in [-0.4, -0.2) is 32.8 Å². The highest BCUT2D eigenvalue weighted by Gasteiger charge is 2.41. The maximum atomic E-state index is 10.6. The number of aliphatic carboxylic acids is 1. The molecule has 1 fully saturated rings. The van der Waals surface area contributed by atoms with Gasteiger partial charge in [-0.15, -0.1) is 11.6 Å². The number of alkyl halides is 1. The Hall–Kier alpha value is -1.36. The summed E-state index contributed by atoms with van der Waals surface area (Å²) in [7, 11) is 0. The van der Waals surface area contributed by atoms with Crippen LogP contribution in [0.5, 0.6) is 0 Å². The summed E-state index contributed by atoms with van der Waals surface area (Å²) in [6, 6.07) is 8.01. The minimum Gasteiger partial charge on any atom is -0.481 e. The van der Waals surface area contributed by atoms with Gasteiger partial charge in [0.25, 0.3) is 0 Å². The lowest BCUT2D eigenvalue weighted by molar-refractivity contribution is -0.137. The maximum absolute atomic E-state index is 10.6. The first-order chi connectivity index (χ1) is 14.4. The van der Waals surface area contributed by atoms with Crippen molar-refractivity contribution in [2.24, 2.45) is 5.92 Å². The smallest absolute Gasteiger partial charge is 0.303 e. The van der Waals surface area contributed by atoms with Gasteiger partial charge in [-0.25, -0.2) is 0 Å². The van der Waals surface area contributed by atoms with Gasteiger partial charge in [-0.3, -0.25) is 4.79 Å². The summed E-state index contributed by atoms with van der Waals surface area (Å²) in [5.41, 5.74) is 2.00. The van der Waals surface area contributed by atoms with E-state index < -0.39 is 18.2 Å². The summed E-state index contributed by atoms with van der Waals surface area (Å²) < 4.78 is 0. The van der Waals surface area contributed by atoms with Gasteiger partial charge in [0.05, 0.1) is 12.2 Å². The molecule has 0 aromatic heterocycles. The third kappa shape index (κ3) is 7.72. The van der Waals surface area contributed by atoms with Crippen molar-refractivity contribution in [1.29, 1.82) is 0 Å². The second-order valence-electron chi connectivity index (χ2n) is 8.53. The van der Waals surface area contributed by atoms with E-state index in [4.69, 9.17) is 16.7 Å². The van der Waals surface area contributed by atoms with Gasteiger partial charge in [-0.1, -0.05) is 69.0 Å². The van der Waals surface area contributed by atoms with Crippen LogP contribution in [-0.2, 0) is 4.79 Å². The monoisotopic (exact) mass is 436 g/mol. The van der Waals surface area contributed by atoms with E-state index in [0.717, 1.165) is 43.2 Å². The molecule has 0 aliphatic heterocycles. The highest BCUT2D eigenvalue weighted by molar-refractivity contribution is 6.21. The molecule has 0 radical (unpaired) electrons. The molecule has 30 heavy (non-hydrogen) atoms. The average Bonchev–Trinajstić information content (AvgIpc) is 3.00. The van der Waals surface area contributed by atoms with Crippen LogP contribution in [0.25, 0.3) is 0 Å². The Kier molecular flexibility index (Phi) is 10.9. The van der Waals surface area contributed by atoms with Crippen LogP contribution in [0.2, 0.25) is 0 Å². The lowest BCUT2D eigenvalue weighted by atomic mass is 9.84. The number of carbonyl (C=O) groups is 1. The van der Waals surface area contributed by atoms with Crippen molar-refractivity contribution in [3.63, 3.8) is 0 Å². The molecular weight excluding hydrogens is 400 g/mol. The fourth-order valence-electron chi connectivity index (χ4n) is 4.44. The Bertz CT molecular complexity index is 658. The average molecular weight is 437 g/mol. The van der Waals surface area contributed by atoms with Crippen LogP contribution < -0.4 is 0 Å². The number of hydrogen-bond donors (Lipinski definition) is 3. The van der Waals surface area contributed by atoms with Gasteiger partial charge in [-0.2, -0.15) is 0 Å². The molecule has 0 heterocycles. The number of unbranched alkanes of at least 4 members (excludes halogenated alkanes) is 4. The third-order valence-electron chi connectivity index (χ3n) is 6.18. The van der Waals surface area contributed by atoms with E-state index in [9.17, 15) is 15.0 Å². The predicted molar refractivity (Wildman–Crippen MR) is 122 cm³/mol. The molecule has 1 aliphatic carbocycles. The van der Waals surface area contributed by atoms with Crippen molar-refractivity contribution in [2.75, 3.05) is 0 Å². The number of carboxylic acids is 1. The van der Waals surface area contributed by atoms with E-state index in [1.54, 1.807) is 0 Å². The lowest BCUT2D eigenvalue weighted by Gasteiger charge is -2.23. The van der Waals surface area contributed by atoms with E-state index >= 15 is 0 Å². The Labute approximate surface area is 186 Å². The second kappa shape index (κ2) is 13.1. The highest BCUT2D eigenvalue weighted by atomic mass is 35.5. The summed E-state index contributed by atoms with van der Waals surface area (Å²) in [4.78, 5) is 10.6. The van der Waals surface area contributed by atoms with Crippen LogP contribution in [0, 0.1) is 5.92 Å². The fourth-order valence-corrected chi connectivity index (χ4v) is 4.88. The quantitative estimate of drug-likeness (QED) is 0.202. The van der Waals surface area contributed by atoms with Gasteiger partial charge >= 0.3 is 5.97 Å². The molecule has 0 spiro atoms. The number of aliphatic hydroxyl groups excluding tert-OH is 2. The normalized spacial score (nSPS) is 25.1. The van der Waals surface area contributed by atoms with Crippen LogP contribution in [0.4, 0.5) is 0 Å². The topological polar surface area (TPSA) is 77.8 Å². The molecule has 4 nitrogen and oxygen atoms in total. The van der Waals surface area contributed by atoms with E-state index in [1.165, 1.54) is 12.8 Å². The molecule has 168 valence electrons. The number of hydrogen-bond acceptors (Lipinski definition) is 3. The molecule has 1 saturated carbocycles. The van der Waals surface area contributed by atoms with Crippen LogP contribution >= 0.6 is 11.6 Å². The van der Waals surface area contributed by atoms with Crippen LogP contribution in [0.3, 0.4) is 0 Å². The zero-order valence-corrected chi connectivity index (χ0v) is 18.8. The highest BCUT2D eigenvalue weighted by Crippen LogP contribution is 2.45. The summed E-state index contributed by atoms with van der Waals surface area (Å²) in [5, 5.41) is 29.6. The molecule has 0 amide bonds. The summed E-state index contributed by atoms with van der Waals surface area (Å²) in [5.74, 6) is -0.646. The Balaban J connectivity index is 1.94. The number of aliphatic hydroxyl groups is 2. The fraction of sp³-hybridized carbons (Fsp3) is 0.640. The largest absolute Gasteiger partial charge is 0.481 e. The van der Waals surface area contributed by atoms with E-state index in [1.807, 2.05) is 30.3 Å². The van der Waals surface area contributed by atoms with Crippen LogP contribution in [0.15, 0.2) is 36.4 Å². The number of carboxylic acid groups (broad SMARTS) is 1. The second-order valence-corrected chi connectivity index (χ2v) is 9.09. The zero-order valence-electron chi connectivity index (χ0n) is 18.0. The van der Waals surface area contributed by atoms with Gasteiger partial charge in [-0.05, 0) is 49.1 Å². The lowest BCUT2D eigenvalue weighted by Crippen LogP contribution is -2.18. The SMILES string of the molecule is CCCCCCC(O)c1ccc([C@@H]2[C@@H](CC=CCCCC(=O)O)[C@H](Cl)C[C@H]2O)cc1. The van der Waals surface area contributed by atoms with Crippen molar-refractivity contribution in [3.05, 3.63) is 47.5 Å². The maximum Gasteiger partial charge on any atom is 0.303 e. The van der Waals surface area contributed by atoms with E-state index in [2.05, 4.69) is 13.0 Å². The number of benzene rings is 1. The van der Waals surface area contributed by atoms with Crippen molar-refractivity contribution < 1.29 is 20.1 Å². The number of allylic oxidation sites excluding steroid dienone is 2. The third-order valence-corrected chi connectivity index (χ3v) is 6.68. The number of rotatable bonds is 13. The molecule has 1 aromatic carbocycles. The predicted octanol–water partition coefficient (Wildman–Crippen LogP) is 5.96. The molecule has 3 N–H and O–H groups in total. The standard InChI is InChI=1S/C25H37ClO4/c1-2-3-4-8-11-22(27)18-13-15-19(16-14-18)25-20(21(26)17-23(25)28)10-7-5-6-9-12-24(29)30/h5,7,13-16,20-23,25,27-28H,2-4,6,8-12,17H2,1H3,(H,29,30)/t20-,21+,22?,23+,25+/m0/s1. The van der Waals surface area contributed by atoms with Crippen molar-refractivity contribution in [1.82, 2.24) is 0 Å². The van der Waals surface area contributed by atoms with Gasteiger partial charge < -0.3 is 15.3 Å². The molecule has 1 unspecified atom stereocenters. The van der Waals surface area contributed by atoms with Gasteiger partial charge in [0.2, 0.25) is 0 Å².